The minimum absolute atomic E-state index is 0.113. The monoisotopic (exact) mass is 310 g/mol. The van der Waals surface area contributed by atoms with Crippen LogP contribution >= 0.6 is 0 Å². The van der Waals surface area contributed by atoms with Crippen molar-refractivity contribution < 1.29 is 18.3 Å². The molecule has 2 heterocycles. The van der Waals surface area contributed by atoms with E-state index in [1.54, 1.807) is 0 Å². The minimum atomic E-state index is -0.557. The Morgan fingerprint density at radius 2 is 1.95 bits per heavy atom. The normalized spacial score (nSPS) is 25.2. The number of hydrogen-bond acceptors (Lipinski definition) is 4. The molecule has 2 aliphatic rings. The van der Waals surface area contributed by atoms with Crippen LogP contribution in [0.25, 0.3) is 0 Å². The number of nitrogens with zero attached hydrogens (tertiary/aromatic N) is 2. The Morgan fingerprint density at radius 3 is 2.55 bits per heavy atom. The van der Waals surface area contributed by atoms with Gasteiger partial charge in [0.15, 0.2) is 0 Å². The summed E-state index contributed by atoms with van der Waals surface area (Å²) in [6.45, 7) is 5.44. The number of ether oxygens (including phenoxy) is 1. The smallest absolute Gasteiger partial charge is 0.323 e. The fourth-order valence-electron chi connectivity index (χ4n) is 3.29. The molecule has 0 radical (unpaired) electrons. The van der Waals surface area contributed by atoms with Gasteiger partial charge in [-0.05, 0) is 13.0 Å². The predicted molar refractivity (Wildman–Crippen MR) is 77.3 cm³/mol. The number of piperazine rings is 1. The van der Waals surface area contributed by atoms with Crippen molar-refractivity contribution in [3.63, 3.8) is 0 Å². The molecule has 0 N–H and O–H groups in total. The predicted octanol–water partition coefficient (Wildman–Crippen LogP) is 1.96. The van der Waals surface area contributed by atoms with E-state index in [9.17, 15) is 13.6 Å². The Balaban J connectivity index is 1.62. The van der Waals surface area contributed by atoms with E-state index in [4.69, 9.17) is 4.74 Å². The largest absolute Gasteiger partial charge is 0.464 e. The molecule has 0 aliphatic carbocycles. The first-order chi connectivity index (χ1) is 10.6. The number of rotatable bonds is 3. The third kappa shape index (κ3) is 2.98. The molecule has 6 heteroatoms. The molecule has 2 fully saturated rings. The van der Waals surface area contributed by atoms with Crippen molar-refractivity contribution in [2.45, 2.75) is 25.4 Å². The van der Waals surface area contributed by atoms with Gasteiger partial charge < -0.3 is 4.74 Å². The Morgan fingerprint density at radius 1 is 1.23 bits per heavy atom. The van der Waals surface area contributed by atoms with Crippen molar-refractivity contribution in [3.05, 3.63) is 35.4 Å². The van der Waals surface area contributed by atoms with Gasteiger partial charge in [-0.25, -0.2) is 8.78 Å². The first-order valence-electron chi connectivity index (χ1n) is 7.66. The molecular formula is C16H20F2N2O2. The highest BCUT2D eigenvalue weighted by Gasteiger charge is 2.35. The second-order valence-corrected chi connectivity index (χ2v) is 5.89. The fourth-order valence-corrected chi connectivity index (χ4v) is 3.29. The van der Waals surface area contributed by atoms with E-state index in [2.05, 4.69) is 9.80 Å². The van der Waals surface area contributed by atoms with Crippen LogP contribution in [-0.4, -0.2) is 54.6 Å². The lowest BCUT2D eigenvalue weighted by atomic mass is 10.0. The zero-order chi connectivity index (χ0) is 15.7. The van der Waals surface area contributed by atoms with Crippen LogP contribution in [0, 0.1) is 11.6 Å². The van der Waals surface area contributed by atoms with Crippen molar-refractivity contribution in [1.29, 1.82) is 0 Å². The molecule has 0 saturated carbocycles. The van der Waals surface area contributed by atoms with Crippen LogP contribution in [0.4, 0.5) is 8.78 Å². The van der Waals surface area contributed by atoms with Crippen molar-refractivity contribution in [2.24, 2.45) is 0 Å². The Kier molecular flexibility index (Phi) is 4.40. The lowest BCUT2D eigenvalue weighted by Crippen LogP contribution is -2.52. The zero-order valence-corrected chi connectivity index (χ0v) is 12.6. The third-order valence-corrected chi connectivity index (χ3v) is 4.66. The molecule has 0 unspecified atom stereocenters. The lowest BCUT2D eigenvalue weighted by Gasteiger charge is -2.39. The molecule has 1 aromatic carbocycles. The van der Waals surface area contributed by atoms with Crippen LogP contribution in [0.1, 0.15) is 24.9 Å². The van der Waals surface area contributed by atoms with Gasteiger partial charge in [0.1, 0.15) is 17.7 Å². The highest BCUT2D eigenvalue weighted by molar-refractivity contribution is 5.77. The van der Waals surface area contributed by atoms with Gasteiger partial charge >= 0.3 is 5.97 Å². The average molecular weight is 310 g/mol. The van der Waals surface area contributed by atoms with Crippen LogP contribution in [0.15, 0.2) is 18.2 Å². The number of carbonyl (C=O) groups is 1. The van der Waals surface area contributed by atoms with Gasteiger partial charge in [0.05, 0.1) is 6.61 Å². The molecule has 0 bridgehead atoms. The summed E-state index contributed by atoms with van der Waals surface area (Å²) >= 11 is 0. The quantitative estimate of drug-likeness (QED) is 0.799. The molecule has 1 aromatic rings. The number of carbonyl (C=O) groups excluding carboxylic acids is 1. The SMILES string of the molecule is C[C@H](c1ccc(F)cc1F)N1CCN([C@@H]2CCOC2=O)CC1. The summed E-state index contributed by atoms with van der Waals surface area (Å²) in [5.74, 6) is -1.20. The van der Waals surface area contributed by atoms with Crippen LogP contribution in [0.2, 0.25) is 0 Å². The molecule has 3 rings (SSSR count). The van der Waals surface area contributed by atoms with E-state index in [1.807, 2.05) is 6.92 Å². The summed E-state index contributed by atoms with van der Waals surface area (Å²) in [5.41, 5.74) is 0.509. The minimum Gasteiger partial charge on any atom is -0.464 e. The van der Waals surface area contributed by atoms with Crippen LogP contribution < -0.4 is 0 Å². The summed E-state index contributed by atoms with van der Waals surface area (Å²) in [4.78, 5) is 15.9. The maximum absolute atomic E-state index is 13.9. The van der Waals surface area contributed by atoms with Crippen LogP contribution in [-0.2, 0) is 9.53 Å². The van der Waals surface area contributed by atoms with E-state index < -0.39 is 11.6 Å². The van der Waals surface area contributed by atoms with Gasteiger partial charge in [-0.3, -0.25) is 14.6 Å². The molecule has 0 aromatic heterocycles. The zero-order valence-electron chi connectivity index (χ0n) is 12.6. The van der Waals surface area contributed by atoms with Crippen molar-refractivity contribution >= 4 is 5.97 Å². The maximum Gasteiger partial charge on any atom is 0.323 e. The number of hydrogen-bond donors (Lipinski definition) is 0. The van der Waals surface area contributed by atoms with Gasteiger partial charge in [-0.15, -0.1) is 0 Å². The first kappa shape index (κ1) is 15.4. The lowest BCUT2D eigenvalue weighted by molar-refractivity contribution is -0.142. The molecular weight excluding hydrogens is 290 g/mol. The average Bonchev–Trinajstić information content (AvgIpc) is 2.93. The summed E-state index contributed by atoms with van der Waals surface area (Å²) < 4.78 is 31.9. The molecule has 2 atom stereocenters. The summed E-state index contributed by atoms with van der Waals surface area (Å²) in [7, 11) is 0. The summed E-state index contributed by atoms with van der Waals surface area (Å²) in [6, 6.07) is 3.49. The van der Waals surface area contributed by atoms with Crippen LogP contribution in [0.3, 0.4) is 0 Å². The van der Waals surface area contributed by atoms with Crippen molar-refractivity contribution in [2.75, 3.05) is 32.8 Å². The fraction of sp³-hybridized carbons (Fsp3) is 0.562. The number of benzene rings is 1. The van der Waals surface area contributed by atoms with E-state index in [0.29, 0.717) is 12.2 Å². The Bertz CT molecular complexity index is 559. The van der Waals surface area contributed by atoms with Gasteiger partial charge in [-0.1, -0.05) is 6.07 Å². The van der Waals surface area contributed by atoms with E-state index in [0.717, 1.165) is 38.7 Å². The van der Waals surface area contributed by atoms with Crippen molar-refractivity contribution in [1.82, 2.24) is 9.80 Å². The van der Waals surface area contributed by atoms with Crippen molar-refractivity contribution in [3.8, 4) is 0 Å². The van der Waals surface area contributed by atoms with E-state index >= 15 is 0 Å². The van der Waals surface area contributed by atoms with E-state index in [1.165, 1.54) is 12.1 Å². The second-order valence-electron chi connectivity index (χ2n) is 5.89. The maximum atomic E-state index is 13.9. The molecule has 0 amide bonds. The highest BCUT2D eigenvalue weighted by Crippen LogP contribution is 2.26. The Hall–Kier alpha value is -1.53. The summed E-state index contributed by atoms with van der Waals surface area (Å²) in [5, 5.41) is 0. The van der Waals surface area contributed by atoms with E-state index in [-0.39, 0.29) is 18.1 Å². The summed E-state index contributed by atoms with van der Waals surface area (Å²) in [6.07, 6.45) is 0.751. The van der Waals surface area contributed by atoms with Gasteiger partial charge in [0.25, 0.3) is 0 Å². The van der Waals surface area contributed by atoms with Gasteiger partial charge in [-0.2, -0.15) is 0 Å². The molecule has 2 saturated heterocycles. The van der Waals surface area contributed by atoms with Gasteiger partial charge in [0.2, 0.25) is 0 Å². The Labute approximate surface area is 128 Å². The molecule has 2 aliphatic heterocycles. The van der Waals surface area contributed by atoms with Gasteiger partial charge in [0, 0.05) is 50.3 Å². The van der Waals surface area contributed by atoms with Crippen LogP contribution in [0.5, 0.6) is 0 Å². The standard InChI is InChI=1S/C16H20F2N2O2/c1-11(13-3-2-12(17)10-14(13)18)19-5-7-20(8-6-19)15-4-9-22-16(15)21/h2-3,10-11,15H,4-9H2,1H3/t11-,15-/m1/s1. The molecule has 0 spiro atoms. The molecule has 120 valence electrons. The highest BCUT2D eigenvalue weighted by atomic mass is 19.1. The number of cyclic esters (lactones) is 1. The molecule has 22 heavy (non-hydrogen) atoms. The second kappa shape index (κ2) is 6.30. The number of esters is 1. The third-order valence-electron chi connectivity index (χ3n) is 4.66. The number of halogens is 2. The first-order valence-corrected chi connectivity index (χ1v) is 7.66. The topological polar surface area (TPSA) is 32.8 Å². The molecule has 4 nitrogen and oxygen atoms in total.